The number of hydrogen-bond donors (Lipinski definition) is 0. The van der Waals surface area contributed by atoms with Gasteiger partial charge in [-0.25, -0.2) is 8.42 Å². The van der Waals surface area contributed by atoms with Crippen LogP contribution in [-0.4, -0.2) is 21.3 Å². The maximum Gasteiger partial charge on any atom is 0.206 e. The van der Waals surface area contributed by atoms with Crippen molar-refractivity contribution in [2.75, 3.05) is 7.11 Å². The van der Waals surface area contributed by atoms with Crippen LogP contribution in [0.25, 0.3) is 0 Å². The molecule has 0 fully saturated rings. The molecule has 0 spiro atoms. The summed E-state index contributed by atoms with van der Waals surface area (Å²) in [6.07, 6.45) is 0. The van der Waals surface area contributed by atoms with Gasteiger partial charge in [0.1, 0.15) is 40.2 Å². The third kappa shape index (κ3) is 10.1. The summed E-state index contributed by atoms with van der Waals surface area (Å²) in [4.78, 5) is 13.9. The van der Waals surface area contributed by atoms with Crippen LogP contribution in [0.15, 0.2) is 192 Å². The van der Waals surface area contributed by atoms with E-state index in [9.17, 15) is 13.2 Å². The lowest BCUT2D eigenvalue weighted by Crippen LogP contribution is -2.18. The van der Waals surface area contributed by atoms with Crippen LogP contribution in [0.5, 0.6) is 40.2 Å². The Bertz CT molecular complexity index is 3130. The third-order valence-corrected chi connectivity index (χ3v) is 14.5. The van der Waals surface area contributed by atoms with Crippen molar-refractivity contribution in [1.82, 2.24) is 0 Å². The average molecular weight is 907 g/mol. The molecule has 0 unspecified atom stereocenters. The fourth-order valence-electron chi connectivity index (χ4n) is 8.00. The van der Waals surface area contributed by atoms with Crippen LogP contribution >= 0.6 is 0 Å². The van der Waals surface area contributed by atoms with E-state index in [1.165, 1.54) is 5.56 Å². The summed E-state index contributed by atoms with van der Waals surface area (Å²) in [7, 11) is -2.00. The van der Waals surface area contributed by atoms with Gasteiger partial charge in [-0.2, -0.15) is 0 Å². The second-order valence-corrected chi connectivity index (χ2v) is 19.9. The Balaban J connectivity index is 0.844. The number of carbonyl (C=O) groups excluding carboxylic acids is 1. The number of aryl methyl sites for hydroxylation is 3. The normalized spacial score (nSPS) is 11.8. The van der Waals surface area contributed by atoms with Gasteiger partial charge in [0, 0.05) is 22.0 Å². The van der Waals surface area contributed by atoms with E-state index in [1.54, 1.807) is 73.8 Å². The first-order valence-corrected chi connectivity index (χ1v) is 23.7. The molecule has 0 saturated carbocycles. The summed E-state index contributed by atoms with van der Waals surface area (Å²) >= 11 is 0. The molecular formula is C59H54O7S. The highest BCUT2D eigenvalue weighted by Gasteiger charge is 2.25. The Kier molecular flexibility index (Phi) is 13.0. The minimum atomic E-state index is -3.67. The Hall–Kier alpha value is -7.42. The lowest BCUT2D eigenvalue weighted by molar-refractivity contribution is 0.103. The largest absolute Gasteiger partial charge is 0.497 e. The smallest absolute Gasteiger partial charge is 0.206 e. The molecule has 0 aromatic heterocycles. The molecule has 7 nitrogen and oxygen atoms in total. The predicted molar refractivity (Wildman–Crippen MR) is 266 cm³/mol. The standard InChI is InChI=1S/C59H54O7S/c1-39-9-34-54(37-40(39)2)67(61,62)55-35-36-56(41(3)38-55)66-53-32-20-47(21-33-53)59(6,7)46-18-30-52(31-19-46)65-50-24-12-43(13-25-50)57(60)42-10-22-49(23-11-42)64-51-28-16-45(17-29-51)58(4,5)44-14-26-48(63-8)27-15-44/h9-38H,1-8H3. The monoisotopic (exact) mass is 906 g/mol. The van der Waals surface area contributed by atoms with Crippen molar-refractivity contribution in [2.24, 2.45) is 0 Å². The first-order valence-electron chi connectivity index (χ1n) is 22.2. The molecule has 0 radical (unpaired) electrons. The number of sulfone groups is 1. The summed E-state index contributed by atoms with van der Waals surface area (Å²) < 4.78 is 50.6. The van der Waals surface area contributed by atoms with Gasteiger partial charge in [0.15, 0.2) is 5.78 Å². The maximum atomic E-state index is 13.4. The summed E-state index contributed by atoms with van der Waals surface area (Å²) in [5.41, 5.74) is 7.83. The topological polar surface area (TPSA) is 88.1 Å². The number of hydrogen-bond acceptors (Lipinski definition) is 7. The highest BCUT2D eigenvalue weighted by Crippen LogP contribution is 2.37. The molecule has 8 heteroatoms. The first-order chi connectivity index (χ1) is 32.0. The second-order valence-electron chi connectivity index (χ2n) is 17.9. The number of rotatable bonds is 15. The maximum absolute atomic E-state index is 13.4. The molecule has 8 aromatic carbocycles. The van der Waals surface area contributed by atoms with E-state index in [0.717, 1.165) is 39.1 Å². The van der Waals surface area contributed by atoms with E-state index in [-0.39, 0.29) is 26.4 Å². The molecule has 0 saturated heterocycles. The van der Waals surface area contributed by atoms with Crippen molar-refractivity contribution >= 4 is 15.6 Å². The molecule has 0 heterocycles. The Morgan fingerprint density at radius 3 is 1.07 bits per heavy atom. The van der Waals surface area contributed by atoms with E-state index in [0.29, 0.717) is 45.6 Å². The molecule has 0 amide bonds. The SMILES string of the molecule is COc1ccc(C(C)(C)c2ccc(Oc3ccc(C(=O)c4ccc(Oc5ccc(C(C)(C)c6ccc(Oc7ccc(S(=O)(=O)c8ccc(C)c(C)c8)cc7C)cc6)cc5)cc4)cc3)cc2)cc1. The molecule has 8 rings (SSSR count). The lowest BCUT2D eigenvalue weighted by Gasteiger charge is -2.26. The van der Waals surface area contributed by atoms with Crippen molar-refractivity contribution < 1.29 is 32.2 Å². The number of ether oxygens (including phenoxy) is 4. The highest BCUT2D eigenvalue weighted by molar-refractivity contribution is 7.91. The van der Waals surface area contributed by atoms with E-state index in [4.69, 9.17) is 18.9 Å². The van der Waals surface area contributed by atoms with Gasteiger partial charge in [-0.15, -0.1) is 0 Å². The summed E-state index contributed by atoms with van der Waals surface area (Å²) in [5, 5.41) is 0. The minimum Gasteiger partial charge on any atom is -0.497 e. The van der Waals surface area contributed by atoms with Crippen LogP contribution in [0.2, 0.25) is 0 Å². The van der Waals surface area contributed by atoms with Gasteiger partial charge >= 0.3 is 0 Å². The zero-order chi connectivity index (χ0) is 47.5. The minimum absolute atomic E-state index is 0.0968. The van der Waals surface area contributed by atoms with E-state index >= 15 is 0 Å². The predicted octanol–water partition coefficient (Wildman–Crippen LogP) is 14.7. The van der Waals surface area contributed by atoms with Gasteiger partial charge in [-0.3, -0.25) is 4.79 Å². The molecule has 0 bridgehead atoms. The highest BCUT2D eigenvalue weighted by atomic mass is 32.2. The summed E-state index contributed by atoms with van der Waals surface area (Å²) in [5.74, 6) is 4.62. The third-order valence-electron chi connectivity index (χ3n) is 12.7. The second kappa shape index (κ2) is 18.8. The Morgan fingerprint density at radius 2 is 0.716 bits per heavy atom. The van der Waals surface area contributed by atoms with Gasteiger partial charge < -0.3 is 18.9 Å². The quantitative estimate of drug-likeness (QED) is 0.0947. The zero-order valence-electron chi connectivity index (χ0n) is 39.1. The lowest BCUT2D eigenvalue weighted by atomic mass is 9.78. The van der Waals surface area contributed by atoms with Crippen molar-refractivity contribution in [3.05, 3.63) is 232 Å². The number of ketones is 1. The molecule has 0 atom stereocenters. The van der Waals surface area contributed by atoms with Crippen molar-refractivity contribution in [3.8, 4) is 40.2 Å². The van der Waals surface area contributed by atoms with Gasteiger partial charge in [0.25, 0.3) is 0 Å². The zero-order valence-corrected chi connectivity index (χ0v) is 39.9. The van der Waals surface area contributed by atoms with Crippen molar-refractivity contribution in [1.29, 1.82) is 0 Å². The van der Waals surface area contributed by atoms with E-state index in [2.05, 4.69) is 64.1 Å². The van der Waals surface area contributed by atoms with Crippen LogP contribution in [0.4, 0.5) is 0 Å². The summed E-state index contributed by atoms with van der Waals surface area (Å²) in [6.45, 7) is 14.4. The van der Waals surface area contributed by atoms with Gasteiger partial charge in [0.05, 0.1) is 16.9 Å². The number of benzene rings is 8. The summed E-state index contributed by atoms with van der Waals surface area (Å²) in [6, 6.07) is 56.7. The fraction of sp³-hybridized carbons (Fsp3) is 0.169. The Morgan fingerprint density at radius 1 is 0.388 bits per heavy atom. The molecule has 8 aromatic rings. The number of methoxy groups -OCH3 is 1. The fourth-order valence-corrected chi connectivity index (χ4v) is 9.43. The van der Waals surface area contributed by atoms with Crippen molar-refractivity contribution in [3.63, 3.8) is 0 Å². The number of carbonyl (C=O) groups is 1. The molecule has 67 heavy (non-hydrogen) atoms. The van der Waals surface area contributed by atoms with Crippen molar-refractivity contribution in [2.45, 2.75) is 69.1 Å². The first kappa shape index (κ1) is 46.1. The van der Waals surface area contributed by atoms with Crippen LogP contribution in [0, 0.1) is 20.8 Å². The molecule has 0 aliphatic heterocycles. The van der Waals surface area contributed by atoms with Gasteiger partial charge in [-0.05, 0) is 187 Å². The Labute approximate surface area is 394 Å². The molecular weight excluding hydrogens is 853 g/mol. The van der Waals surface area contributed by atoms with Crippen LogP contribution in [0.3, 0.4) is 0 Å². The van der Waals surface area contributed by atoms with E-state index in [1.807, 2.05) is 99.6 Å². The average Bonchev–Trinajstić information content (AvgIpc) is 3.34. The van der Waals surface area contributed by atoms with Crippen LogP contribution < -0.4 is 18.9 Å². The van der Waals surface area contributed by atoms with Crippen LogP contribution in [0.1, 0.15) is 82.6 Å². The van der Waals surface area contributed by atoms with E-state index < -0.39 is 9.84 Å². The molecule has 0 aliphatic carbocycles. The van der Waals surface area contributed by atoms with Gasteiger partial charge in [-0.1, -0.05) is 82.3 Å². The molecule has 0 N–H and O–H groups in total. The van der Waals surface area contributed by atoms with Gasteiger partial charge in [0.2, 0.25) is 9.84 Å². The molecule has 338 valence electrons. The molecule has 0 aliphatic rings. The van der Waals surface area contributed by atoms with Crippen LogP contribution in [-0.2, 0) is 20.7 Å².